The van der Waals surface area contributed by atoms with Crippen LogP contribution in [0.2, 0.25) is 0 Å². The molecule has 0 bridgehead atoms. The maximum Gasteiger partial charge on any atom is 0.243 e. The third-order valence-electron chi connectivity index (χ3n) is 5.15. The molecule has 0 N–H and O–H groups in total. The molecule has 0 unspecified atom stereocenters. The zero-order chi connectivity index (χ0) is 22.3. The number of hydrogen-bond donors (Lipinski definition) is 0. The number of amides is 1. The molecular weight excluding hydrogens is 408 g/mol. The fraction of sp³-hybridized carbons (Fsp3) is 0.240. The lowest BCUT2D eigenvalue weighted by Gasteiger charge is -2.28. The molecule has 0 aliphatic rings. The van der Waals surface area contributed by atoms with Crippen LogP contribution in [-0.4, -0.2) is 38.6 Å². The Bertz CT molecular complexity index is 1100. The maximum atomic E-state index is 13.3. The number of carbonyl (C=O) groups excluding carboxylic acids is 1. The topological polar surface area (TPSA) is 57.7 Å². The molecule has 0 aliphatic heterocycles. The van der Waals surface area contributed by atoms with E-state index in [-0.39, 0.29) is 12.5 Å². The van der Waals surface area contributed by atoms with Gasteiger partial charge in [0.15, 0.2) is 0 Å². The summed E-state index contributed by atoms with van der Waals surface area (Å²) in [4.78, 5) is 15.1. The Morgan fingerprint density at radius 1 is 0.806 bits per heavy atom. The summed E-state index contributed by atoms with van der Waals surface area (Å²) in [5.74, 6) is -0.228. The average molecular weight is 437 g/mol. The van der Waals surface area contributed by atoms with Crippen LogP contribution in [0.3, 0.4) is 0 Å². The number of aryl methyl sites for hydroxylation is 1. The molecule has 0 atom stereocenters. The fourth-order valence-corrected chi connectivity index (χ4v) is 4.36. The molecule has 0 fully saturated rings. The average Bonchev–Trinajstić information content (AvgIpc) is 2.76. The second-order valence-corrected chi connectivity index (χ2v) is 9.50. The van der Waals surface area contributed by atoms with Gasteiger partial charge in [-0.3, -0.25) is 9.10 Å². The highest BCUT2D eigenvalue weighted by Gasteiger charge is 2.25. The normalized spacial score (nSPS) is 11.2. The van der Waals surface area contributed by atoms with E-state index in [1.807, 2.05) is 79.7 Å². The van der Waals surface area contributed by atoms with Gasteiger partial charge in [0.1, 0.15) is 6.54 Å². The molecule has 0 aliphatic carbocycles. The molecule has 5 nitrogen and oxygen atoms in total. The lowest BCUT2D eigenvalue weighted by atomic mass is 10.1. The van der Waals surface area contributed by atoms with Crippen LogP contribution in [0.5, 0.6) is 0 Å². The Labute approximate surface area is 185 Å². The minimum atomic E-state index is -3.62. The van der Waals surface area contributed by atoms with E-state index in [0.29, 0.717) is 25.2 Å². The third-order valence-corrected chi connectivity index (χ3v) is 6.27. The van der Waals surface area contributed by atoms with E-state index >= 15 is 0 Å². The fourth-order valence-electron chi connectivity index (χ4n) is 3.45. The van der Waals surface area contributed by atoms with Gasteiger partial charge in [-0.25, -0.2) is 8.42 Å². The molecule has 0 heterocycles. The van der Waals surface area contributed by atoms with Gasteiger partial charge in [-0.05, 0) is 36.1 Å². The van der Waals surface area contributed by atoms with Crippen LogP contribution in [-0.2, 0) is 27.8 Å². The summed E-state index contributed by atoms with van der Waals surface area (Å²) < 4.78 is 26.3. The number of rotatable bonds is 9. The van der Waals surface area contributed by atoms with Crippen LogP contribution in [0.4, 0.5) is 5.69 Å². The molecule has 0 saturated carbocycles. The Kier molecular flexibility index (Phi) is 7.47. The van der Waals surface area contributed by atoms with Crippen LogP contribution >= 0.6 is 0 Å². The SMILES string of the molecule is Cc1ccccc1N(CC(=O)N(CCc1ccccc1)Cc1ccccc1)S(C)(=O)=O. The van der Waals surface area contributed by atoms with Gasteiger partial charge in [-0.1, -0.05) is 78.9 Å². The van der Waals surface area contributed by atoms with Gasteiger partial charge in [-0.15, -0.1) is 0 Å². The first-order valence-corrected chi connectivity index (χ1v) is 12.1. The Morgan fingerprint density at radius 2 is 1.35 bits per heavy atom. The molecule has 6 heteroatoms. The minimum absolute atomic E-state index is 0.228. The molecule has 3 rings (SSSR count). The van der Waals surface area contributed by atoms with Gasteiger partial charge in [0, 0.05) is 13.1 Å². The lowest BCUT2D eigenvalue weighted by Crippen LogP contribution is -2.43. The third kappa shape index (κ3) is 6.43. The molecule has 0 spiro atoms. The van der Waals surface area contributed by atoms with Crippen LogP contribution in [0, 0.1) is 6.92 Å². The second kappa shape index (κ2) is 10.3. The van der Waals surface area contributed by atoms with Crippen molar-refractivity contribution in [1.29, 1.82) is 0 Å². The number of benzene rings is 3. The summed E-state index contributed by atoms with van der Waals surface area (Å²) in [5, 5.41) is 0. The van der Waals surface area contributed by atoms with Gasteiger partial charge in [-0.2, -0.15) is 0 Å². The van der Waals surface area contributed by atoms with E-state index < -0.39 is 10.0 Å². The Morgan fingerprint density at radius 3 is 1.94 bits per heavy atom. The predicted molar refractivity (Wildman–Crippen MR) is 125 cm³/mol. The van der Waals surface area contributed by atoms with Gasteiger partial charge < -0.3 is 4.90 Å². The smallest absolute Gasteiger partial charge is 0.243 e. The first-order chi connectivity index (χ1) is 14.8. The van der Waals surface area contributed by atoms with E-state index in [0.717, 1.165) is 22.9 Å². The van der Waals surface area contributed by atoms with Gasteiger partial charge >= 0.3 is 0 Å². The number of para-hydroxylation sites is 1. The molecule has 0 saturated heterocycles. The first kappa shape index (κ1) is 22.6. The predicted octanol–water partition coefficient (Wildman–Crippen LogP) is 4.03. The van der Waals surface area contributed by atoms with E-state index in [4.69, 9.17) is 0 Å². The molecule has 1 amide bonds. The molecule has 0 aromatic heterocycles. The number of anilines is 1. The monoisotopic (exact) mass is 436 g/mol. The summed E-state index contributed by atoms with van der Waals surface area (Å²) in [6, 6.07) is 26.9. The molecule has 0 radical (unpaired) electrons. The van der Waals surface area contributed by atoms with Crippen molar-refractivity contribution in [3.63, 3.8) is 0 Å². The summed E-state index contributed by atoms with van der Waals surface area (Å²) in [6.07, 6.45) is 1.83. The Balaban J connectivity index is 1.83. The number of sulfonamides is 1. The van der Waals surface area contributed by atoms with E-state index in [1.54, 1.807) is 17.0 Å². The van der Waals surface area contributed by atoms with Crippen molar-refractivity contribution in [2.24, 2.45) is 0 Å². The van der Waals surface area contributed by atoms with E-state index in [9.17, 15) is 13.2 Å². The van der Waals surface area contributed by atoms with Gasteiger partial charge in [0.2, 0.25) is 15.9 Å². The highest BCUT2D eigenvalue weighted by atomic mass is 32.2. The van der Waals surface area contributed by atoms with Crippen LogP contribution in [0.15, 0.2) is 84.9 Å². The standard InChI is InChI=1S/C25H28N2O3S/c1-21-11-9-10-16-24(21)27(31(2,29)30)20-25(28)26(19-23-14-7-4-8-15-23)18-17-22-12-5-3-6-13-22/h3-16H,17-20H2,1-2H3. The highest BCUT2D eigenvalue weighted by molar-refractivity contribution is 7.92. The van der Waals surface area contributed by atoms with Crippen LogP contribution in [0.1, 0.15) is 16.7 Å². The van der Waals surface area contributed by atoms with Crippen LogP contribution in [0.25, 0.3) is 0 Å². The zero-order valence-electron chi connectivity index (χ0n) is 17.9. The molecule has 162 valence electrons. The van der Waals surface area contributed by atoms with Gasteiger partial charge in [0.05, 0.1) is 11.9 Å². The maximum absolute atomic E-state index is 13.3. The number of carbonyl (C=O) groups is 1. The van der Waals surface area contributed by atoms with E-state index in [2.05, 4.69) is 0 Å². The largest absolute Gasteiger partial charge is 0.336 e. The number of nitrogens with zero attached hydrogens (tertiary/aromatic N) is 2. The number of hydrogen-bond acceptors (Lipinski definition) is 3. The molecule has 3 aromatic rings. The van der Waals surface area contributed by atoms with Crippen molar-refractivity contribution in [2.75, 3.05) is 23.7 Å². The summed E-state index contributed by atoms with van der Waals surface area (Å²) in [7, 11) is -3.62. The van der Waals surface area contributed by atoms with Crippen LogP contribution < -0.4 is 4.31 Å². The van der Waals surface area contributed by atoms with Crippen molar-refractivity contribution in [3.05, 3.63) is 102 Å². The highest BCUT2D eigenvalue weighted by Crippen LogP contribution is 2.22. The molecule has 31 heavy (non-hydrogen) atoms. The minimum Gasteiger partial charge on any atom is -0.336 e. The van der Waals surface area contributed by atoms with Crippen molar-refractivity contribution >= 4 is 21.6 Å². The summed E-state index contributed by atoms with van der Waals surface area (Å²) in [5.41, 5.74) is 3.47. The first-order valence-electron chi connectivity index (χ1n) is 10.2. The zero-order valence-corrected chi connectivity index (χ0v) is 18.8. The molecule has 3 aromatic carbocycles. The summed E-state index contributed by atoms with van der Waals surface area (Å²) in [6.45, 7) is 2.54. The van der Waals surface area contributed by atoms with Gasteiger partial charge in [0.25, 0.3) is 0 Å². The van der Waals surface area contributed by atoms with Crippen molar-refractivity contribution in [2.45, 2.75) is 19.9 Å². The van der Waals surface area contributed by atoms with Crippen molar-refractivity contribution in [1.82, 2.24) is 4.90 Å². The quantitative estimate of drug-likeness (QED) is 0.509. The van der Waals surface area contributed by atoms with E-state index in [1.165, 1.54) is 4.31 Å². The second-order valence-electron chi connectivity index (χ2n) is 7.59. The summed E-state index contributed by atoms with van der Waals surface area (Å²) >= 11 is 0. The Hall–Kier alpha value is -3.12. The van der Waals surface area contributed by atoms with Crippen molar-refractivity contribution < 1.29 is 13.2 Å². The van der Waals surface area contributed by atoms with Crippen molar-refractivity contribution in [3.8, 4) is 0 Å². The lowest BCUT2D eigenvalue weighted by molar-refractivity contribution is -0.130. The molecular formula is C25H28N2O3S.